The van der Waals surface area contributed by atoms with Gasteiger partial charge in [-0.2, -0.15) is 5.26 Å². The van der Waals surface area contributed by atoms with E-state index in [0.29, 0.717) is 16.8 Å². The van der Waals surface area contributed by atoms with Crippen LogP contribution in [0.5, 0.6) is 0 Å². The molecule has 0 bridgehead atoms. The number of hydrogen-bond donors (Lipinski definition) is 1. The van der Waals surface area contributed by atoms with Crippen LogP contribution in [0, 0.1) is 16.7 Å². The normalized spacial score (nSPS) is 11.9. The molecule has 0 aliphatic rings. The van der Waals surface area contributed by atoms with Crippen molar-refractivity contribution in [3.05, 3.63) is 169 Å². The van der Waals surface area contributed by atoms with Crippen LogP contribution in [0.15, 0.2) is 158 Å². The number of benzene rings is 9. The topological polar surface area (TPSA) is 57.5 Å². The average Bonchev–Trinajstić information content (AvgIpc) is 3.75. The van der Waals surface area contributed by atoms with E-state index < -0.39 is 0 Å². The summed E-state index contributed by atoms with van der Waals surface area (Å²) in [7, 11) is 0. The third kappa shape index (κ3) is 3.61. The number of para-hydroxylation sites is 2. The largest absolute Gasteiger partial charge is 0.308 e. The Kier molecular flexibility index (Phi) is 5.85. The van der Waals surface area contributed by atoms with Crippen molar-refractivity contribution in [1.29, 1.82) is 10.7 Å². The number of aromatic nitrogens is 2. The van der Waals surface area contributed by atoms with Gasteiger partial charge in [-0.25, -0.2) is 0 Å². The molecule has 0 aliphatic heterocycles. The van der Waals surface area contributed by atoms with Crippen LogP contribution in [0.2, 0.25) is 0 Å². The summed E-state index contributed by atoms with van der Waals surface area (Å²) in [4.78, 5) is 0. The smallest absolute Gasteiger partial charge is 0.104 e. The van der Waals surface area contributed by atoms with Crippen molar-refractivity contribution in [2.75, 3.05) is 0 Å². The SMILES string of the molecule is N#Cc1c(-n2c3ccccc3c3c4ccccc4c4ccccc4c32)ccc(C=N)c1-n1c2ccccc2c2c3ccccc3c3ccccc3c21. The maximum absolute atomic E-state index is 11.4. The first-order valence-electron chi connectivity index (χ1n) is 17.5. The Hall–Kier alpha value is -7.22. The standard InChI is InChI=1S/C48H28N4/c49-27-29-25-26-43(51-41-23-11-9-21-38(41)44-34-17-5-1-13-30(34)32-15-3-7-19-36(32)47(44)51)40(28-50)46(29)52-42-24-12-10-22-39(42)45-35-18-6-2-14-31(35)33-16-4-8-20-37(33)48(45)52/h1-27,49H. The summed E-state index contributed by atoms with van der Waals surface area (Å²) in [6.45, 7) is 0. The maximum Gasteiger partial charge on any atom is 0.104 e. The summed E-state index contributed by atoms with van der Waals surface area (Å²) >= 11 is 0. The number of nitrogens with one attached hydrogen (secondary N) is 1. The van der Waals surface area contributed by atoms with E-state index in [9.17, 15) is 5.26 Å². The lowest BCUT2D eigenvalue weighted by Crippen LogP contribution is -2.08. The lowest BCUT2D eigenvalue weighted by molar-refractivity contribution is 1.12. The summed E-state index contributed by atoms with van der Waals surface area (Å²) in [6, 6.07) is 58.1. The van der Waals surface area contributed by atoms with E-state index in [4.69, 9.17) is 5.41 Å². The fraction of sp³-hybridized carbons (Fsp3) is 0. The summed E-state index contributed by atoms with van der Waals surface area (Å²) < 4.78 is 4.54. The second-order valence-corrected chi connectivity index (χ2v) is 13.5. The molecule has 0 radical (unpaired) electrons. The molecule has 0 fully saturated rings. The molecular formula is C48H28N4. The minimum Gasteiger partial charge on any atom is -0.308 e. The maximum atomic E-state index is 11.4. The van der Waals surface area contributed by atoms with Gasteiger partial charge >= 0.3 is 0 Å². The molecule has 0 atom stereocenters. The monoisotopic (exact) mass is 660 g/mol. The van der Waals surface area contributed by atoms with Crippen molar-refractivity contribution in [1.82, 2.24) is 9.13 Å². The van der Waals surface area contributed by atoms with Crippen molar-refractivity contribution in [3.8, 4) is 17.4 Å². The predicted octanol–water partition coefficient (Wildman–Crippen LogP) is 12.4. The molecule has 0 saturated carbocycles. The van der Waals surface area contributed by atoms with Gasteiger partial charge in [-0.1, -0.05) is 133 Å². The highest BCUT2D eigenvalue weighted by molar-refractivity contribution is 6.33. The molecule has 0 saturated heterocycles. The zero-order valence-corrected chi connectivity index (χ0v) is 27.9. The molecule has 0 amide bonds. The van der Waals surface area contributed by atoms with Crippen LogP contribution >= 0.6 is 0 Å². The molecule has 9 aromatic carbocycles. The van der Waals surface area contributed by atoms with E-state index in [2.05, 4.69) is 161 Å². The molecule has 0 unspecified atom stereocenters. The fourth-order valence-electron chi connectivity index (χ4n) is 8.99. The van der Waals surface area contributed by atoms with E-state index in [1.54, 1.807) is 0 Å². The summed E-state index contributed by atoms with van der Waals surface area (Å²) in [5.41, 5.74) is 6.81. The number of hydrogen-bond acceptors (Lipinski definition) is 2. The second-order valence-electron chi connectivity index (χ2n) is 13.5. The molecule has 52 heavy (non-hydrogen) atoms. The molecule has 11 rings (SSSR count). The van der Waals surface area contributed by atoms with Gasteiger partial charge in [-0.15, -0.1) is 0 Å². The fourth-order valence-corrected chi connectivity index (χ4v) is 8.99. The quantitative estimate of drug-likeness (QED) is 0.149. The van der Waals surface area contributed by atoms with Crippen LogP contribution in [0.4, 0.5) is 0 Å². The first kappa shape index (κ1) is 28.6. The van der Waals surface area contributed by atoms with E-state index in [1.807, 2.05) is 12.1 Å². The Labute approximate surface area is 298 Å². The molecule has 1 N–H and O–H groups in total. The van der Waals surface area contributed by atoms with Crippen molar-refractivity contribution >= 4 is 92.9 Å². The average molecular weight is 661 g/mol. The van der Waals surface area contributed by atoms with Crippen LogP contribution in [-0.2, 0) is 0 Å². The summed E-state index contributed by atoms with van der Waals surface area (Å²) in [5, 5.41) is 34.0. The van der Waals surface area contributed by atoms with Gasteiger partial charge in [0.2, 0.25) is 0 Å². The third-order valence-electron chi connectivity index (χ3n) is 11.0. The van der Waals surface area contributed by atoms with Gasteiger partial charge in [0.05, 0.1) is 33.4 Å². The number of nitrogens with zero attached hydrogens (tertiary/aromatic N) is 3. The number of fused-ring (bicyclic) bond motifs is 16. The molecule has 4 nitrogen and oxygen atoms in total. The van der Waals surface area contributed by atoms with Gasteiger partial charge in [0.1, 0.15) is 11.6 Å². The molecule has 4 heteroatoms. The number of rotatable bonds is 3. The highest BCUT2D eigenvalue weighted by Gasteiger charge is 2.26. The Morgan fingerprint density at radius 3 is 1.29 bits per heavy atom. The van der Waals surface area contributed by atoms with E-state index in [-0.39, 0.29) is 0 Å². The van der Waals surface area contributed by atoms with Crippen LogP contribution in [0.3, 0.4) is 0 Å². The van der Waals surface area contributed by atoms with E-state index in [0.717, 1.165) is 65.5 Å². The second kappa shape index (κ2) is 10.6. The van der Waals surface area contributed by atoms with Crippen LogP contribution in [0.25, 0.3) is 98.1 Å². The molecule has 11 aromatic rings. The lowest BCUT2D eigenvalue weighted by atomic mass is 9.96. The summed E-state index contributed by atoms with van der Waals surface area (Å²) in [5.74, 6) is 0. The Balaban J connectivity index is 1.38. The predicted molar refractivity (Wildman–Crippen MR) is 218 cm³/mol. The van der Waals surface area contributed by atoms with Crippen molar-refractivity contribution in [3.63, 3.8) is 0 Å². The minimum absolute atomic E-state index is 0.515. The number of nitriles is 1. The minimum atomic E-state index is 0.515. The van der Waals surface area contributed by atoms with Crippen LogP contribution in [0.1, 0.15) is 11.1 Å². The Morgan fingerprint density at radius 1 is 0.423 bits per heavy atom. The molecule has 0 spiro atoms. The first-order valence-corrected chi connectivity index (χ1v) is 17.5. The molecule has 240 valence electrons. The molecule has 2 heterocycles. The summed E-state index contributed by atoms with van der Waals surface area (Å²) in [6.07, 6.45) is 1.39. The van der Waals surface area contributed by atoms with Crippen molar-refractivity contribution in [2.45, 2.75) is 0 Å². The van der Waals surface area contributed by atoms with Gasteiger partial charge in [-0.05, 0) is 56.6 Å². The van der Waals surface area contributed by atoms with E-state index >= 15 is 0 Å². The molecular weight excluding hydrogens is 633 g/mol. The van der Waals surface area contributed by atoms with Gasteiger partial charge in [0.25, 0.3) is 0 Å². The van der Waals surface area contributed by atoms with Crippen molar-refractivity contribution in [2.24, 2.45) is 0 Å². The van der Waals surface area contributed by atoms with Gasteiger partial charge < -0.3 is 14.5 Å². The first-order chi connectivity index (χ1) is 25.8. The molecule has 2 aromatic heterocycles. The van der Waals surface area contributed by atoms with Gasteiger partial charge in [-0.3, -0.25) is 0 Å². The lowest BCUT2D eigenvalue weighted by Gasteiger charge is -2.19. The van der Waals surface area contributed by atoms with Crippen LogP contribution in [-0.4, -0.2) is 15.3 Å². The van der Waals surface area contributed by atoms with E-state index in [1.165, 1.54) is 33.1 Å². The zero-order chi connectivity index (χ0) is 34.5. The van der Waals surface area contributed by atoms with Crippen molar-refractivity contribution < 1.29 is 0 Å². The third-order valence-corrected chi connectivity index (χ3v) is 11.0. The highest BCUT2D eigenvalue weighted by Crippen LogP contribution is 2.46. The van der Waals surface area contributed by atoms with Gasteiger partial charge in [0.15, 0.2) is 0 Å². The Morgan fingerprint density at radius 2 is 0.808 bits per heavy atom. The zero-order valence-electron chi connectivity index (χ0n) is 27.9. The van der Waals surface area contributed by atoms with Crippen LogP contribution < -0.4 is 0 Å². The highest BCUT2D eigenvalue weighted by atomic mass is 15.0. The Bertz CT molecular complexity index is 3390. The molecule has 0 aliphatic carbocycles. The van der Waals surface area contributed by atoms with Gasteiger partial charge in [0, 0.05) is 44.1 Å².